The smallest absolute Gasteiger partial charge is 0.159 e. The van der Waals surface area contributed by atoms with Crippen molar-refractivity contribution < 1.29 is 9.84 Å². The zero-order chi connectivity index (χ0) is 16.1. The molecule has 0 saturated carbocycles. The lowest BCUT2D eigenvalue weighted by molar-refractivity contribution is 0.0958. The van der Waals surface area contributed by atoms with E-state index >= 15 is 0 Å². The minimum Gasteiger partial charge on any atom is -0.396 e. The van der Waals surface area contributed by atoms with Gasteiger partial charge in [-0.25, -0.2) is 9.97 Å². The lowest BCUT2D eigenvalue weighted by Crippen LogP contribution is -2.31. The molecule has 5 nitrogen and oxygen atoms in total. The van der Waals surface area contributed by atoms with Crippen molar-refractivity contribution in [1.29, 1.82) is 0 Å². The van der Waals surface area contributed by atoms with Crippen LogP contribution < -0.4 is 0 Å². The van der Waals surface area contributed by atoms with Gasteiger partial charge in [0.2, 0.25) is 0 Å². The van der Waals surface area contributed by atoms with Gasteiger partial charge in [-0.2, -0.15) is 0 Å². The van der Waals surface area contributed by atoms with Crippen LogP contribution in [0.3, 0.4) is 0 Å². The minimum absolute atomic E-state index is 0.166. The van der Waals surface area contributed by atoms with Gasteiger partial charge in [-0.05, 0) is 13.0 Å². The van der Waals surface area contributed by atoms with E-state index in [1.165, 1.54) is 5.56 Å². The number of rotatable bonds is 4. The van der Waals surface area contributed by atoms with Crippen molar-refractivity contribution in [2.75, 3.05) is 32.9 Å². The molecule has 0 amide bonds. The van der Waals surface area contributed by atoms with E-state index in [-0.39, 0.29) is 12.5 Å². The fourth-order valence-corrected chi connectivity index (χ4v) is 2.83. The van der Waals surface area contributed by atoms with E-state index in [9.17, 15) is 5.11 Å². The molecular formula is C18H23N3O2. The lowest BCUT2D eigenvalue weighted by Gasteiger charge is -2.22. The summed E-state index contributed by atoms with van der Waals surface area (Å²) in [5.41, 5.74) is 3.33. The van der Waals surface area contributed by atoms with Crippen LogP contribution in [0.5, 0.6) is 0 Å². The second-order valence-electron chi connectivity index (χ2n) is 6.14. The van der Waals surface area contributed by atoms with Crippen molar-refractivity contribution in [3.8, 4) is 11.4 Å². The van der Waals surface area contributed by atoms with E-state index in [1.54, 1.807) is 0 Å². The van der Waals surface area contributed by atoms with Crippen molar-refractivity contribution in [3.05, 3.63) is 47.8 Å². The van der Waals surface area contributed by atoms with Crippen molar-refractivity contribution in [2.24, 2.45) is 5.92 Å². The maximum absolute atomic E-state index is 9.35. The Balaban J connectivity index is 1.67. The predicted octanol–water partition coefficient (Wildman–Crippen LogP) is 1.89. The first kappa shape index (κ1) is 16.1. The molecule has 2 aromatic rings. The molecule has 1 N–H and O–H groups in total. The highest BCUT2D eigenvalue weighted by Gasteiger charge is 2.18. The molecule has 1 atom stereocenters. The number of aliphatic hydroxyl groups excluding tert-OH is 1. The summed E-state index contributed by atoms with van der Waals surface area (Å²) >= 11 is 0. The van der Waals surface area contributed by atoms with Crippen LogP contribution in [0.1, 0.15) is 11.1 Å². The maximum Gasteiger partial charge on any atom is 0.159 e. The third kappa shape index (κ3) is 4.34. The molecular weight excluding hydrogens is 290 g/mol. The third-order valence-electron chi connectivity index (χ3n) is 4.07. The number of benzene rings is 1. The highest BCUT2D eigenvalue weighted by Crippen LogP contribution is 2.16. The zero-order valence-corrected chi connectivity index (χ0v) is 13.5. The van der Waals surface area contributed by atoms with Crippen LogP contribution >= 0.6 is 0 Å². The van der Waals surface area contributed by atoms with Crippen LogP contribution in [0.15, 0.2) is 36.7 Å². The molecule has 0 radical (unpaired) electrons. The summed E-state index contributed by atoms with van der Waals surface area (Å²) in [6.07, 6.45) is 3.79. The van der Waals surface area contributed by atoms with E-state index in [0.29, 0.717) is 13.2 Å². The summed E-state index contributed by atoms with van der Waals surface area (Å²) < 4.78 is 5.52. The zero-order valence-electron chi connectivity index (χ0n) is 13.5. The van der Waals surface area contributed by atoms with Gasteiger partial charge in [0.15, 0.2) is 5.82 Å². The number of aromatic nitrogens is 2. The fourth-order valence-electron chi connectivity index (χ4n) is 2.83. The summed E-state index contributed by atoms with van der Waals surface area (Å²) in [5, 5.41) is 9.35. The molecule has 1 aromatic heterocycles. The average Bonchev–Trinajstić information content (AvgIpc) is 2.81. The van der Waals surface area contributed by atoms with Crippen LogP contribution in [-0.4, -0.2) is 52.9 Å². The minimum atomic E-state index is 0.166. The van der Waals surface area contributed by atoms with Crippen molar-refractivity contribution >= 4 is 0 Å². The number of hydrogen-bond acceptors (Lipinski definition) is 5. The fraction of sp³-hybridized carbons (Fsp3) is 0.444. The van der Waals surface area contributed by atoms with Gasteiger partial charge < -0.3 is 9.84 Å². The van der Waals surface area contributed by atoms with Gasteiger partial charge in [0.25, 0.3) is 0 Å². The second kappa shape index (κ2) is 7.64. The molecule has 1 saturated heterocycles. The number of aliphatic hydroxyl groups is 1. The summed E-state index contributed by atoms with van der Waals surface area (Å²) in [6.45, 7) is 6.07. The first-order valence-corrected chi connectivity index (χ1v) is 8.03. The first-order chi connectivity index (χ1) is 11.2. The molecule has 0 spiro atoms. The summed E-state index contributed by atoms with van der Waals surface area (Å²) in [5.74, 6) is 0.940. The largest absolute Gasteiger partial charge is 0.396 e. The van der Waals surface area contributed by atoms with E-state index in [4.69, 9.17) is 4.74 Å². The van der Waals surface area contributed by atoms with Gasteiger partial charge in [-0.3, -0.25) is 4.90 Å². The normalized spacial score (nSPS) is 19.5. The van der Waals surface area contributed by atoms with Gasteiger partial charge in [0, 0.05) is 55.7 Å². The second-order valence-corrected chi connectivity index (χ2v) is 6.14. The molecule has 5 heteroatoms. The maximum atomic E-state index is 9.35. The number of hydrogen-bond donors (Lipinski definition) is 1. The number of nitrogens with zero attached hydrogens (tertiary/aromatic N) is 3. The van der Waals surface area contributed by atoms with Crippen LogP contribution in [-0.2, 0) is 11.3 Å². The Morgan fingerprint density at radius 1 is 1.30 bits per heavy atom. The Labute approximate surface area is 137 Å². The van der Waals surface area contributed by atoms with Crippen LogP contribution in [0.4, 0.5) is 0 Å². The third-order valence-corrected chi connectivity index (χ3v) is 4.07. The monoisotopic (exact) mass is 313 g/mol. The molecule has 0 aliphatic carbocycles. The Morgan fingerprint density at radius 3 is 2.87 bits per heavy atom. The molecule has 2 heterocycles. The van der Waals surface area contributed by atoms with Crippen LogP contribution in [0.2, 0.25) is 0 Å². The molecule has 122 valence electrons. The Bertz CT molecular complexity index is 630. The molecule has 1 fully saturated rings. The first-order valence-electron chi connectivity index (χ1n) is 8.03. The van der Waals surface area contributed by atoms with Gasteiger partial charge in [-0.1, -0.05) is 23.8 Å². The molecule has 1 aliphatic rings. The van der Waals surface area contributed by atoms with Crippen molar-refractivity contribution in [1.82, 2.24) is 14.9 Å². The van der Waals surface area contributed by atoms with Crippen molar-refractivity contribution in [3.63, 3.8) is 0 Å². The van der Waals surface area contributed by atoms with Gasteiger partial charge in [0.05, 0.1) is 13.2 Å². The van der Waals surface area contributed by atoms with Crippen molar-refractivity contribution in [2.45, 2.75) is 13.5 Å². The molecule has 1 aromatic carbocycles. The topological polar surface area (TPSA) is 58.5 Å². The van der Waals surface area contributed by atoms with E-state index in [0.717, 1.165) is 36.6 Å². The average molecular weight is 313 g/mol. The molecule has 0 bridgehead atoms. The quantitative estimate of drug-likeness (QED) is 0.934. The number of aryl methyl sites for hydroxylation is 1. The van der Waals surface area contributed by atoms with E-state index in [1.807, 2.05) is 24.5 Å². The Morgan fingerprint density at radius 2 is 2.13 bits per heavy atom. The Hall–Kier alpha value is -1.82. The highest BCUT2D eigenvalue weighted by atomic mass is 16.5. The van der Waals surface area contributed by atoms with Crippen LogP contribution in [0.25, 0.3) is 11.4 Å². The summed E-state index contributed by atoms with van der Waals surface area (Å²) in [4.78, 5) is 11.3. The molecule has 23 heavy (non-hydrogen) atoms. The SMILES string of the molecule is Cc1cccc(-c2ncc(CN3CCOC[C@@H](CO)C3)cn2)c1. The van der Waals surface area contributed by atoms with Gasteiger partial charge in [-0.15, -0.1) is 0 Å². The summed E-state index contributed by atoms with van der Waals surface area (Å²) in [6, 6.07) is 8.21. The van der Waals surface area contributed by atoms with Crippen LogP contribution in [0, 0.1) is 12.8 Å². The lowest BCUT2D eigenvalue weighted by atomic mass is 10.1. The van der Waals surface area contributed by atoms with Gasteiger partial charge in [0.1, 0.15) is 0 Å². The molecule has 1 aliphatic heterocycles. The molecule has 3 rings (SSSR count). The van der Waals surface area contributed by atoms with E-state index < -0.39 is 0 Å². The highest BCUT2D eigenvalue weighted by molar-refractivity contribution is 5.55. The Kier molecular flexibility index (Phi) is 5.33. The van der Waals surface area contributed by atoms with E-state index in [2.05, 4.69) is 33.9 Å². The summed E-state index contributed by atoms with van der Waals surface area (Å²) in [7, 11) is 0. The predicted molar refractivity (Wildman–Crippen MR) is 88.9 cm³/mol. The van der Waals surface area contributed by atoms with Gasteiger partial charge >= 0.3 is 0 Å². The number of ether oxygens (including phenoxy) is 1. The molecule has 0 unspecified atom stereocenters. The standard InChI is InChI=1S/C18H23N3O2/c1-14-3-2-4-17(7-14)18-19-8-15(9-20-18)10-21-5-6-23-13-16(11-21)12-22/h2-4,7-9,16,22H,5-6,10-13H2,1H3/t16-/m1/s1.